The Balaban J connectivity index is 2.19. The average Bonchev–Trinajstić information content (AvgIpc) is 2.58. The van der Waals surface area contributed by atoms with Crippen molar-refractivity contribution in [3.8, 4) is 6.07 Å². The zero-order chi connectivity index (χ0) is 14.3. The molecule has 0 amide bonds. The summed E-state index contributed by atoms with van der Waals surface area (Å²) in [6, 6.07) is 5.96. The van der Waals surface area contributed by atoms with E-state index in [-0.39, 0.29) is 17.1 Å². The van der Waals surface area contributed by atoms with E-state index in [9.17, 15) is 0 Å². The minimum atomic E-state index is -0.448. The van der Waals surface area contributed by atoms with Crippen molar-refractivity contribution in [1.29, 1.82) is 5.26 Å². The van der Waals surface area contributed by atoms with Crippen LogP contribution in [0.2, 0.25) is 0 Å². The Hall–Kier alpha value is -1.38. The van der Waals surface area contributed by atoms with E-state index in [1.807, 2.05) is 46.8 Å². The molecule has 0 aliphatic carbocycles. The van der Waals surface area contributed by atoms with Crippen LogP contribution in [-0.2, 0) is 9.31 Å². The van der Waals surface area contributed by atoms with E-state index in [1.165, 1.54) is 0 Å². The largest absolute Gasteiger partial charge is 0.514 e. The first kappa shape index (κ1) is 14.0. The second-order valence-corrected chi connectivity index (χ2v) is 5.96. The number of pyridine rings is 1. The first-order valence-electron chi connectivity index (χ1n) is 6.48. The molecule has 0 N–H and O–H groups in total. The number of nitrogens with zero attached hydrogens (tertiary/aromatic N) is 2. The second kappa shape index (κ2) is 4.62. The van der Waals surface area contributed by atoms with Crippen molar-refractivity contribution in [2.24, 2.45) is 0 Å². The highest BCUT2D eigenvalue weighted by atomic mass is 16.7. The Morgan fingerprint density at radius 3 is 2.21 bits per heavy atom. The van der Waals surface area contributed by atoms with Gasteiger partial charge < -0.3 is 9.31 Å². The molecular formula is C14H19BN2O2. The van der Waals surface area contributed by atoms with Crippen molar-refractivity contribution >= 4 is 12.7 Å². The summed E-state index contributed by atoms with van der Waals surface area (Å²) in [4.78, 5) is 4.36. The third-order valence-electron chi connectivity index (χ3n) is 4.00. The predicted molar refractivity (Wildman–Crippen MR) is 74.0 cm³/mol. The molecule has 2 rings (SSSR count). The summed E-state index contributed by atoms with van der Waals surface area (Å²) in [6.45, 7) is 9.90. The van der Waals surface area contributed by atoms with Gasteiger partial charge in [-0.3, -0.25) is 4.98 Å². The first-order valence-corrected chi connectivity index (χ1v) is 6.48. The van der Waals surface area contributed by atoms with Gasteiger partial charge in [0.2, 0.25) is 0 Å². The molecule has 1 atom stereocenters. The van der Waals surface area contributed by atoms with E-state index in [1.54, 1.807) is 6.20 Å². The Bertz CT molecular complexity index is 489. The molecule has 1 fully saturated rings. The fraction of sp³-hybridized carbons (Fsp3) is 0.571. The summed E-state index contributed by atoms with van der Waals surface area (Å²) in [6.07, 6.45) is 1.72. The molecule has 0 bridgehead atoms. The molecule has 19 heavy (non-hydrogen) atoms. The van der Waals surface area contributed by atoms with E-state index in [0.717, 1.165) is 11.2 Å². The van der Waals surface area contributed by atoms with Crippen LogP contribution in [0, 0.1) is 11.3 Å². The van der Waals surface area contributed by atoms with Gasteiger partial charge in [0.25, 0.3) is 0 Å². The van der Waals surface area contributed by atoms with Crippen LogP contribution in [0.3, 0.4) is 0 Å². The van der Waals surface area contributed by atoms with Crippen LogP contribution in [-0.4, -0.2) is 23.3 Å². The van der Waals surface area contributed by atoms with Crippen LogP contribution < -0.4 is 5.59 Å². The van der Waals surface area contributed by atoms with E-state index in [0.29, 0.717) is 0 Å². The maximum Gasteiger partial charge on any atom is 0.514 e. The molecule has 0 spiro atoms. The van der Waals surface area contributed by atoms with Gasteiger partial charge >= 0.3 is 7.12 Å². The number of hydrogen-bond acceptors (Lipinski definition) is 4. The topological polar surface area (TPSA) is 55.1 Å². The number of hydrogen-bond donors (Lipinski definition) is 0. The van der Waals surface area contributed by atoms with Crippen molar-refractivity contribution < 1.29 is 9.31 Å². The van der Waals surface area contributed by atoms with E-state index >= 15 is 0 Å². The highest BCUT2D eigenvalue weighted by molar-refractivity contribution is 6.61. The van der Waals surface area contributed by atoms with Gasteiger partial charge in [-0.2, -0.15) is 5.26 Å². The third kappa shape index (κ3) is 2.51. The van der Waals surface area contributed by atoms with Crippen molar-refractivity contribution in [3.05, 3.63) is 23.9 Å². The summed E-state index contributed by atoms with van der Waals surface area (Å²) in [5.74, 6) is -0.153. The molecule has 1 aromatic rings. The van der Waals surface area contributed by atoms with Crippen molar-refractivity contribution in [2.75, 3.05) is 0 Å². The lowest BCUT2D eigenvalue weighted by Gasteiger charge is -2.32. The van der Waals surface area contributed by atoms with Gasteiger partial charge in [0.15, 0.2) is 0 Å². The lowest BCUT2D eigenvalue weighted by atomic mass is 9.83. The number of rotatable bonds is 2. The normalized spacial score (nSPS) is 22.0. The lowest BCUT2D eigenvalue weighted by molar-refractivity contribution is 0.00578. The smallest absolute Gasteiger partial charge is 0.398 e. The highest BCUT2D eigenvalue weighted by Crippen LogP contribution is 2.36. The number of nitriles is 1. The molecule has 100 valence electrons. The van der Waals surface area contributed by atoms with E-state index in [4.69, 9.17) is 14.6 Å². The zero-order valence-electron chi connectivity index (χ0n) is 12.1. The molecule has 0 saturated carbocycles. The quantitative estimate of drug-likeness (QED) is 0.761. The minimum absolute atomic E-state index is 0.153. The Kier molecular flexibility index (Phi) is 3.42. The van der Waals surface area contributed by atoms with Crippen LogP contribution in [0.15, 0.2) is 18.3 Å². The van der Waals surface area contributed by atoms with Crippen LogP contribution in [0.1, 0.15) is 46.1 Å². The van der Waals surface area contributed by atoms with E-state index < -0.39 is 7.12 Å². The fourth-order valence-electron chi connectivity index (χ4n) is 1.85. The molecule has 4 nitrogen and oxygen atoms in total. The Morgan fingerprint density at radius 1 is 1.21 bits per heavy atom. The highest BCUT2D eigenvalue weighted by Gasteiger charge is 2.52. The average molecular weight is 258 g/mol. The van der Waals surface area contributed by atoms with Gasteiger partial charge in [-0.05, 0) is 46.2 Å². The summed E-state index contributed by atoms with van der Waals surface area (Å²) in [5.41, 5.74) is 0.922. The van der Waals surface area contributed by atoms with Crippen LogP contribution in [0.5, 0.6) is 0 Å². The van der Waals surface area contributed by atoms with Crippen LogP contribution >= 0.6 is 0 Å². The molecule has 5 heteroatoms. The zero-order valence-corrected chi connectivity index (χ0v) is 12.1. The van der Waals surface area contributed by atoms with Gasteiger partial charge in [-0.1, -0.05) is 6.07 Å². The van der Waals surface area contributed by atoms with Crippen molar-refractivity contribution in [1.82, 2.24) is 4.98 Å². The monoisotopic (exact) mass is 258 g/mol. The standard InChI is InChI=1S/C14H19BN2O2/c1-10(8-16)11-6-7-12(17-9-11)15-18-13(2,3)14(4,5)19-15/h6-7,9-10H,1-5H3. The molecule has 0 radical (unpaired) electrons. The molecular weight excluding hydrogens is 239 g/mol. The molecule has 1 unspecified atom stereocenters. The van der Waals surface area contributed by atoms with Gasteiger partial charge in [0.1, 0.15) is 0 Å². The van der Waals surface area contributed by atoms with Gasteiger partial charge in [-0.25, -0.2) is 0 Å². The SMILES string of the molecule is CC(C#N)c1ccc(B2OC(C)(C)C(C)(C)O2)nc1. The Labute approximate surface area is 114 Å². The van der Waals surface area contributed by atoms with Crippen molar-refractivity contribution in [2.45, 2.75) is 51.7 Å². The van der Waals surface area contributed by atoms with E-state index in [2.05, 4.69) is 11.1 Å². The van der Waals surface area contributed by atoms with Crippen LogP contribution in [0.4, 0.5) is 0 Å². The maximum absolute atomic E-state index is 8.88. The Morgan fingerprint density at radius 2 is 1.79 bits per heavy atom. The second-order valence-electron chi connectivity index (χ2n) is 5.96. The third-order valence-corrected chi connectivity index (χ3v) is 4.00. The number of aromatic nitrogens is 1. The summed E-state index contributed by atoms with van der Waals surface area (Å²) in [5, 5.41) is 8.88. The molecule has 1 aliphatic rings. The molecule has 2 heterocycles. The first-order chi connectivity index (χ1) is 8.77. The lowest BCUT2D eigenvalue weighted by Crippen LogP contribution is -2.41. The summed E-state index contributed by atoms with van der Waals surface area (Å²) < 4.78 is 11.9. The van der Waals surface area contributed by atoms with Crippen LogP contribution in [0.25, 0.3) is 0 Å². The van der Waals surface area contributed by atoms with Gasteiger partial charge in [-0.15, -0.1) is 0 Å². The maximum atomic E-state index is 8.88. The minimum Gasteiger partial charge on any atom is -0.398 e. The molecule has 1 aliphatic heterocycles. The van der Waals surface area contributed by atoms with Gasteiger partial charge in [0, 0.05) is 6.20 Å². The van der Waals surface area contributed by atoms with Gasteiger partial charge in [0.05, 0.1) is 28.8 Å². The predicted octanol–water partition coefficient (Wildman–Crippen LogP) is 2.01. The molecule has 1 aromatic heterocycles. The fourth-order valence-corrected chi connectivity index (χ4v) is 1.85. The summed E-state index contributed by atoms with van der Waals surface area (Å²) in [7, 11) is -0.448. The molecule has 0 aromatic carbocycles. The summed E-state index contributed by atoms with van der Waals surface area (Å²) >= 11 is 0. The molecule has 1 saturated heterocycles. The van der Waals surface area contributed by atoms with Crippen molar-refractivity contribution in [3.63, 3.8) is 0 Å².